The Morgan fingerprint density at radius 1 is 0.357 bits per heavy atom. The van der Waals surface area contributed by atoms with E-state index in [0.717, 1.165) is 0 Å². The minimum absolute atomic E-state index is 1.11. The van der Waals surface area contributed by atoms with Crippen molar-refractivity contribution in [1.82, 2.24) is 0 Å². The van der Waals surface area contributed by atoms with Crippen molar-refractivity contribution >= 4 is 84.2 Å². The van der Waals surface area contributed by atoms with Gasteiger partial charge < -0.3 is 0 Å². The molecule has 0 heterocycles. The van der Waals surface area contributed by atoms with Gasteiger partial charge in [-0.15, -0.1) is 0 Å². The Morgan fingerprint density at radius 3 is 0.911 bits per heavy atom. The first-order valence-electron chi connectivity index (χ1n) is 18.8. The molecule has 0 spiro atoms. The summed E-state index contributed by atoms with van der Waals surface area (Å²) in [6.07, 6.45) is 0. The van der Waals surface area contributed by atoms with Gasteiger partial charge in [0.2, 0.25) is 0 Å². The van der Waals surface area contributed by atoms with Crippen molar-refractivity contribution in [2.24, 2.45) is 4.52 Å². The number of benzene rings is 8. The van der Waals surface area contributed by atoms with Crippen molar-refractivity contribution in [3.05, 3.63) is 248 Å². The van der Waals surface area contributed by atoms with Crippen molar-refractivity contribution in [3.63, 3.8) is 0 Å². The van der Waals surface area contributed by atoms with Gasteiger partial charge in [-0.2, -0.15) is 0 Å². The zero-order chi connectivity index (χ0) is 38.3. The van der Waals surface area contributed by atoms with Crippen LogP contribution in [-0.4, -0.2) is 26.8 Å². The van der Waals surface area contributed by atoms with Crippen LogP contribution in [-0.2, 0) is 0 Å². The first-order valence-corrected chi connectivity index (χ1v) is 28.8. The molecule has 0 N–H and O–H groups in total. The van der Waals surface area contributed by atoms with E-state index in [2.05, 4.69) is 264 Å². The maximum atomic E-state index is 6.65. The van der Waals surface area contributed by atoms with Crippen molar-refractivity contribution in [3.8, 4) is 0 Å². The molecule has 8 aromatic carbocycles. The molecule has 6 heteroatoms. The molecule has 0 aliphatic heterocycles. The summed E-state index contributed by atoms with van der Waals surface area (Å²) in [6, 6.07) is 89.9. The summed E-state index contributed by atoms with van der Waals surface area (Å²) < 4.78 is 6.65. The van der Waals surface area contributed by atoms with Crippen LogP contribution in [0.25, 0.3) is 0 Å². The van der Waals surface area contributed by atoms with E-state index >= 15 is 0 Å². The fourth-order valence-corrected chi connectivity index (χ4v) is 35.8. The fourth-order valence-electron chi connectivity index (χ4n) is 7.72. The van der Waals surface area contributed by atoms with E-state index in [1.807, 2.05) is 0 Å². The third kappa shape index (κ3) is 7.22. The standard InChI is InChI=1S/C50H43NP4Se/c1-52(50(42-26-10-2-11-27-42)53(43-28-12-3-13-29-43,44-30-14-4-15-31-44)45-32-16-5-17-33-45)54(46-34-18-6-19-35-46,47-36-20-7-21-37-47)51-55(56,48-38-22-8-23-39-48)49-40-24-9-25-41-49/h2-41H,1H3. The molecule has 274 valence electrons. The van der Waals surface area contributed by atoms with Crippen LogP contribution in [0, 0.1) is 0 Å². The summed E-state index contributed by atoms with van der Waals surface area (Å²) in [5.41, 5.74) is -1.24. The van der Waals surface area contributed by atoms with E-state index in [4.69, 9.17) is 4.52 Å². The van der Waals surface area contributed by atoms with Gasteiger partial charge in [0.15, 0.2) is 0 Å². The van der Waals surface area contributed by atoms with Crippen LogP contribution in [0.2, 0.25) is 0 Å². The normalized spacial score (nSPS) is 12.4. The van der Waals surface area contributed by atoms with Crippen molar-refractivity contribution < 1.29 is 0 Å². The molecule has 1 atom stereocenters. The summed E-state index contributed by atoms with van der Waals surface area (Å²) in [6.45, 7) is -2.73. The topological polar surface area (TPSA) is 12.4 Å². The van der Waals surface area contributed by atoms with Crippen LogP contribution in [0.15, 0.2) is 247 Å². The summed E-state index contributed by atoms with van der Waals surface area (Å²) in [5, 5.41) is 10.6. The summed E-state index contributed by atoms with van der Waals surface area (Å²) in [7, 11) is -1.11. The van der Waals surface area contributed by atoms with Gasteiger partial charge in [-0.3, -0.25) is 0 Å². The van der Waals surface area contributed by atoms with E-state index in [-0.39, 0.29) is 0 Å². The average molecular weight is 861 g/mol. The molecule has 0 aliphatic rings. The Kier molecular flexibility index (Phi) is 12.0. The predicted molar refractivity (Wildman–Crippen MR) is 255 cm³/mol. The van der Waals surface area contributed by atoms with E-state index in [1.54, 1.807) is 0 Å². The van der Waals surface area contributed by atoms with Crippen LogP contribution < -0.4 is 37.1 Å². The molecule has 0 fully saturated rings. The molecule has 8 aromatic rings. The molecule has 1 unspecified atom stereocenters. The summed E-state index contributed by atoms with van der Waals surface area (Å²) >= 11 is 3.87. The SMILES string of the molecule is CP(C(c1ccccc1)=P(c1ccccc1)(c1ccccc1)c1ccccc1)P(=NP(=[Se])(c1ccccc1)c1ccccc1)(c1ccccc1)c1ccccc1. The predicted octanol–water partition coefficient (Wildman–Crippen LogP) is 10.7. The monoisotopic (exact) mass is 861 g/mol. The van der Waals surface area contributed by atoms with Crippen molar-refractivity contribution in [1.29, 1.82) is 0 Å². The molecule has 0 saturated heterocycles. The van der Waals surface area contributed by atoms with Gasteiger partial charge in [0.1, 0.15) is 0 Å². The maximum absolute atomic E-state index is 6.65. The molecule has 0 aromatic heterocycles. The van der Waals surface area contributed by atoms with E-state index < -0.39 is 26.9 Å². The first kappa shape index (κ1) is 38.5. The molecule has 0 radical (unpaired) electrons. The summed E-state index contributed by atoms with van der Waals surface area (Å²) in [5.74, 6) is 0. The average Bonchev–Trinajstić information content (AvgIpc) is 3.29. The molecule has 56 heavy (non-hydrogen) atoms. The van der Waals surface area contributed by atoms with Crippen LogP contribution in [0.4, 0.5) is 0 Å². The zero-order valence-corrected chi connectivity index (χ0v) is 36.5. The van der Waals surface area contributed by atoms with Gasteiger partial charge in [-0.05, 0) is 0 Å². The number of nitrogens with zero attached hydrogens (tertiary/aromatic N) is 1. The quantitative estimate of drug-likeness (QED) is 0.0908. The zero-order valence-electron chi connectivity index (χ0n) is 31.2. The second kappa shape index (κ2) is 17.4. The number of hydrogen-bond acceptors (Lipinski definition) is 1. The Morgan fingerprint density at radius 2 is 0.607 bits per heavy atom. The molecule has 0 amide bonds. The van der Waals surface area contributed by atoms with Crippen LogP contribution in [0.5, 0.6) is 0 Å². The van der Waals surface area contributed by atoms with Gasteiger partial charge in [0.25, 0.3) is 0 Å². The molecule has 1 nitrogen and oxygen atoms in total. The van der Waals surface area contributed by atoms with E-state index in [9.17, 15) is 0 Å². The van der Waals surface area contributed by atoms with Gasteiger partial charge in [-0.25, -0.2) is 0 Å². The summed E-state index contributed by atoms with van der Waals surface area (Å²) in [4.78, 5) is 0. The fraction of sp³-hybridized carbons (Fsp3) is 0.0200. The van der Waals surface area contributed by atoms with Gasteiger partial charge in [0, 0.05) is 0 Å². The minimum atomic E-state index is -2.73. The van der Waals surface area contributed by atoms with Crippen LogP contribution in [0.3, 0.4) is 0 Å². The van der Waals surface area contributed by atoms with Gasteiger partial charge >= 0.3 is 344 Å². The van der Waals surface area contributed by atoms with Crippen molar-refractivity contribution in [2.75, 3.05) is 6.66 Å². The van der Waals surface area contributed by atoms with E-state index in [1.165, 1.54) is 47.7 Å². The second-order valence-electron chi connectivity index (χ2n) is 13.5. The number of rotatable bonds is 11. The third-order valence-electron chi connectivity index (χ3n) is 10.2. The van der Waals surface area contributed by atoms with Crippen LogP contribution in [0.1, 0.15) is 5.56 Å². The Bertz CT molecular complexity index is 2470. The Balaban J connectivity index is 1.67. The molecular formula is C50H43NP4Se. The molecule has 0 bridgehead atoms. The third-order valence-corrected chi connectivity index (χ3v) is 33.8. The van der Waals surface area contributed by atoms with E-state index in [0.29, 0.717) is 0 Å². The first-order chi connectivity index (χ1) is 27.6. The molecule has 0 saturated carbocycles. The second-order valence-corrected chi connectivity index (χ2v) is 30.7. The Hall–Kier alpha value is -4.33. The molecule has 0 aliphatic carbocycles. The van der Waals surface area contributed by atoms with Crippen LogP contribution >= 0.6 is 26.9 Å². The molecular weight excluding hydrogens is 817 g/mol. The van der Waals surface area contributed by atoms with Gasteiger partial charge in [-0.1, -0.05) is 0 Å². The van der Waals surface area contributed by atoms with Crippen molar-refractivity contribution in [2.45, 2.75) is 0 Å². The molecule has 8 rings (SSSR count). The number of hydrogen-bond donors (Lipinski definition) is 0. The Labute approximate surface area is 341 Å². The van der Waals surface area contributed by atoms with Gasteiger partial charge in [0.05, 0.1) is 0 Å².